The molecule has 0 aliphatic rings. The highest BCUT2D eigenvalue weighted by Crippen LogP contribution is 2.35. The van der Waals surface area contributed by atoms with E-state index in [-0.39, 0.29) is 34.4 Å². The van der Waals surface area contributed by atoms with Crippen LogP contribution in [0.1, 0.15) is 18.1 Å². The minimum Gasteiger partial charge on any atom is -0.496 e. The van der Waals surface area contributed by atoms with Gasteiger partial charge in [0.2, 0.25) is 5.91 Å². The van der Waals surface area contributed by atoms with Crippen molar-refractivity contribution in [3.8, 4) is 5.75 Å². The lowest BCUT2D eigenvalue weighted by Gasteiger charge is -2.12. The number of carbonyl (C=O) groups excluding carboxylic acids is 1. The van der Waals surface area contributed by atoms with E-state index in [4.69, 9.17) is 16.3 Å². The number of carbonyl (C=O) groups is 1. The number of fused-ring (bicyclic) bond motifs is 1. The van der Waals surface area contributed by atoms with Crippen LogP contribution in [0.15, 0.2) is 58.8 Å². The summed E-state index contributed by atoms with van der Waals surface area (Å²) in [6.07, 6.45) is 0. The van der Waals surface area contributed by atoms with Crippen molar-refractivity contribution in [1.29, 1.82) is 0 Å². The summed E-state index contributed by atoms with van der Waals surface area (Å²) in [5, 5.41) is 11.0. The summed E-state index contributed by atoms with van der Waals surface area (Å²) >= 11 is 6.91. The van der Waals surface area contributed by atoms with E-state index in [1.807, 2.05) is 36.4 Å². The van der Waals surface area contributed by atoms with E-state index < -0.39 is 10.0 Å². The predicted octanol–water partition coefficient (Wildman–Crippen LogP) is 4.25. The van der Waals surface area contributed by atoms with Crippen LogP contribution in [0.5, 0.6) is 5.75 Å². The van der Waals surface area contributed by atoms with Gasteiger partial charge in [-0.25, -0.2) is 8.42 Å². The Morgan fingerprint density at radius 1 is 1.16 bits per heavy atom. The van der Waals surface area contributed by atoms with Gasteiger partial charge in [-0.2, -0.15) is 5.10 Å². The van der Waals surface area contributed by atoms with Crippen molar-refractivity contribution < 1.29 is 17.9 Å². The number of nitrogens with one attached hydrogen (secondary N) is 3. The number of ether oxygens (including phenoxy) is 1. The Morgan fingerprint density at radius 2 is 1.89 bits per heavy atom. The quantitative estimate of drug-likeness (QED) is 0.257. The van der Waals surface area contributed by atoms with Crippen molar-refractivity contribution in [3.63, 3.8) is 0 Å². The third-order valence-corrected chi connectivity index (χ3v) is 8.68. The summed E-state index contributed by atoms with van der Waals surface area (Å²) in [4.78, 5) is 12.1. The van der Waals surface area contributed by atoms with Gasteiger partial charge in [0.1, 0.15) is 9.96 Å². The van der Waals surface area contributed by atoms with Crippen molar-refractivity contribution >= 4 is 68.0 Å². The third kappa shape index (κ3) is 6.55. The molecule has 9 nitrogen and oxygen atoms in total. The maximum absolute atomic E-state index is 13.0. The molecule has 4 aromatic rings. The highest BCUT2D eigenvalue weighted by atomic mass is 35.5. The van der Waals surface area contributed by atoms with E-state index in [2.05, 4.69) is 20.5 Å². The van der Waals surface area contributed by atoms with Crippen LogP contribution >= 0.6 is 35.3 Å². The molecule has 2 aromatic carbocycles. The minimum atomic E-state index is -3.89. The first-order valence-corrected chi connectivity index (χ1v) is 13.7. The number of thiophene rings is 1. The molecule has 0 radical (unpaired) electrons. The molecule has 198 valence electrons. The summed E-state index contributed by atoms with van der Waals surface area (Å²) < 4.78 is 36.2. The number of rotatable bonds is 10. The Labute approximate surface area is 230 Å². The molecule has 0 fully saturated rings. The SMILES string of the molecule is CN[C@H](C)C(=O)NCc1cccc(Cn2nc(NS(=O)(=O)c3ccc(Cl)s3)c3c(OC)cccc32)c1.Cl. The van der Waals surface area contributed by atoms with E-state index in [1.54, 1.807) is 24.7 Å². The summed E-state index contributed by atoms with van der Waals surface area (Å²) in [6.45, 7) is 2.56. The lowest BCUT2D eigenvalue weighted by molar-refractivity contribution is -0.122. The Hall–Kier alpha value is -2.83. The highest BCUT2D eigenvalue weighted by Gasteiger charge is 2.23. The van der Waals surface area contributed by atoms with Gasteiger partial charge in [-0.15, -0.1) is 23.7 Å². The van der Waals surface area contributed by atoms with Crippen molar-refractivity contribution in [1.82, 2.24) is 20.4 Å². The van der Waals surface area contributed by atoms with Crippen LogP contribution in [0.2, 0.25) is 4.34 Å². The Morgan fingerprint density at radius 3 is 2.57 bits per heavy atom. The fourth-order valence-electron chi connectivity index (χ4n) is 3.66. The maximum Gasteiger partial charge on any atom is 0.272 e. The van der Waals surface area contributed by atoms with Crippen molar-refractivity contribution in [2.24, 2.45) is 0 Å². The Balaban J connectivity index is 0.00000380. The zero-order valence-corrected chi connectivity index (χ0v) is 23.5. The van der Waals surface area contributed by atoms with Crippen LogP contribution in [0.3, 0.4) is 0 Å². The average Bonchev–Trinajstić information content (AvgIpc) is 3.46. The van der Waals surface area contributed by atoms with E-state index >= 15 is 0 Å². The molecule has 2 aromatic heterocycles. The number of nitrogens with zero attached hydrogens (tertiary/aromatic N) is 2. The molecular weight excluding hydrogens is 557 g/mol. The number of amides is 1. The number of sulfonamides is 1. The van der Waals surface area contributed by atoms with Crippen LogP contribution in [-0.4, -0.2) is 44.3 Å². The first-order valence-electron chi connectivity index (χ1n) is 11.1. The fourth-order valence-corrected chi connectivity index (χ4v) is 6.16. The van der Waals surface area contributed by atoms with Gasteiger partial charge in [-0.05, 0) is 49.4 Å². The molecule has 0 saturated heterocycles. The second kappa shape index (κ2) is 12.1. The van der Waals surface area contributed by atoms with Crippen molar-refractivity contribution in [2.75, 3.05) is 18.9 Å². The molecule has 3 N–H and O–H groups in total. The number of benzene rings is 2. The first-order chi connectivity index (χ1) is 17.2. The molecule has 0 aliphatic carbocycles. The third-order valence-electron chi connectivity index (χ3n) is 5.62. The Bertz CT molecular complexity index is 1500. The van der Waals surface area contributed by atoms with Crippen LogP contribution in [0, 0.1) is 0 Å². The molecule has 1 amide bonds. The highest BCUT2D eigenvalue weighted by molar-refractivity contribution is 7.94. The van der Waals surface area contributed by atoms with E-state index in [0.29, 0.717) is 34.1 Å². The standard InChI is InChI=1S/C24H26ClN5O4S2.ClH/c1-15(26-2)24(31)27-13-16-6-4-7-17(12-16)14-30-18-8-5-9-19(34-3)22(18)23(28-30)29-36(32,33)21-11-10-20(25)35-21;/h4-12,15,26H,13-14H2,1-3H3,(H,27,31)(H,28,29);1H/t15-;/m1./s1. The van der Waals surface area contributed by atoms with E-state index in [0.717, 1.165) is 22.5 Å². The molecule has 4 rings (SSSR count). The molecule has 0 aliphatic heterocycles. The summed E-state index contributed by atoms with van der Waals surface area (Å²) in [6, 6.07) is 15.9. The predicted molar refractivity (Wildman–Crippen MR) is 150 cm³/mol. The molecule has 0 saturated carbocycles. The molecule has 2 heterocycles. The maximum atomic E-state index is 13.0. The van der Waals surface area contributed by atoms with E-state index in [9.17, 15) is 13.2 Å². The number of aromatic nitrogens is 2. The summed E-state index contributed by atoms with van der Waals surface area (Å²) in [5.41, 5.74) is 2.58. The molecule has 0 unspecified atom stereocenters. The van der Waals surface area contributed by atoms with Crippen molar-refractivity contribution in [3.05, 3.63) is 70.1 Å². The van der Waals surface area contributed by atoms with Crippen LogP contribution in [0.4, 0.5) is 5.82 Å². The van der Waals surface area contributed by atoms with Gasteiger partial charge in [0, 0.05) is 6.54 Å². The van der Waals surface area contributed by atoms with Gasteiger partial charge in [-0.1, -0.05) is 41.9 Å². The summed E-state index contributed by atoms with van der Waals surface area (Å²) in [5.74, 6) is 0.573. The van der Waals surface area contributed by atoms with Gasteiger partial charge in [-0.3, -0.25) is 14.2 Å². The van der Waals surface area contributed by atoms with Gasteiger partial charge in [0.25, 0.3) is 10.0 Å². The van der Waals surface area contributed by atoms with Crippen LogP contribution in [0.25, 0.3) is 10.9 Å². The van der Waals surface area contributed by atoms with E-state index in [1.165, 1.54) is 19.2 Å². The number of anilines is 1. The lowest BCUT2D eigenvalue weighted by Crippen LogP contribution is -2.39. The number of hydrogen-bond donors (Lipinski definition) is 3. The fraction of sp³-hybridized carbons (Fsp3) is 0.250. The Kier molecular flexibility index (Phi) is 9.43. The minimum absolute atomic E-state index is 0. The summed E-state index contributed by atoms with van der Waals surface area (Å²) in [7, 11) is -0.634. The average molecular weight is 585 g/mol. The smallest absolute Gasteiger partial charge is 0.272 e. The molecule has 1 atom stereocenters. The second-order valence-electron chi connectivity index (χ2n) is 8.07. The monoisotopic (exact) mass is 583 g/mol. The molecule has 0 bridgehead atoms. The largest absolute Gasteiger partial charge is 0.496 e. The normalized spacial score (nSPS) is 12.1. The van der Waals surface area contributed by atoms with Gasteiger partial charge >= 0.3 is 0 Å². The first kappa shape index (κ1) is 28.7. The van der Waals surface area contributed by atoms with Crippen LogP contribution in [-0.2, 0) is 27.9 Å². The zero-order chi connectivity index (χ0) is 25.9. The van der Waals surface area contributed by atoms with Gasteiger partial charge in [0.15, 0.2) is 5.82 Å². The number of halogens is 2. The van der Waals surface area contributed by atoms with Crippen LogP contribution < -0.4 is 20.1 Å². The zero-order valence-electron chi connectivity index (χ0n) is 20.3. The molecule has 13 heteroatoms. The second-order valence-corrected chi connectivity index (χ2v) is 11.7. The molecule has 37 heavy (non-hydrogen) atoms. The number of likely N-dealkylation sites (N-methyl/N-ethyl adjacent to an activating group) is 1. The lowest BCUT2D eigenvalue weighted by atomic mass is 10.1. The van der Waals surface area contributed by atoms with Gasteiger partial charge < -0.3 is 15.4 Å². The molecular formula is C24H27Cl2N5O4S2. The molecule has 0 spiro atoms. The number of methoxy groups -OCH3 is 1. The van der Waals surface area contributed by atoms with Crippen molar-refractivity contribution in [2.45, 2.75) is 30.3 Å². The number of hydrogen-bond acceptors (Lipinski definition) is 7. The van der Waals surface area contributed by atoms with Gasteiger partial charge in [0.05, 0.1) is 34.9 Å². The topological polar surface area (TPSA) is 114 Å².